The van der Waals surface area contributed by atoms with Gasteiger partial charge < -0.3 is 25.9 Å². The van der Waals surface area contributed by atoms with Crippen molar-refractivity contribution in [1.29, 1.82) is 0 Å². The molecule has 0 aliphatic carbocycles. The van der Waals surface area contributed by atoms with E-state index in [9.17, 15) is 9.59 Å². The van der Waals surface area contributed by atoms with Gasteiger partial charge in [-0.25, -0.2) is 9.59 Å². The summed E-state index contributed by atoms with van der Waals surface area (Å²) in [6.07, 6.45) is -4.53. The molecule has 0 bridgehead atoms. The maximum Gasteiger partial charge on any atom is 0.394 e. The summed E-state index contributed by atoms with van der Waals surface area (Å²) in [5.41, 5.74) is 0. The van der Waals surface area contributed by atoms with Crippen LogP contribution in [0, 0.1) is 40.8 Å². The van der Waals surface area contributed by atoms with Crippen LogP contribution in [0.4, 0.5) is 0 Å². The second-order valence-electron chi connectivity index (χ2n) is 2.01. The molecule has 0 aromatic heterocycles. The molecule has 0 aliphatic rings. The second-order valence-corrected chi connectivity index (χ2v) is 2.91. The molecule has 11 nitrogen and oxygen atoms in total. The van der Waals surface area contributed by atoms with E-state index in [1.165, 1.54) is 0 Å². The van der Waals surface area contributed by atoms with E-state index in [2.05, 4.69) is 0 Å². The largest absolute Gasteiger partial charge is 0.479 e. The monoisotopic (exact) mass is 408 g/mol. The summed E-state index contributed by atoms with van der Waals surface area (Å²) < 4.78 is 31.6. The summed E-state index contributed by atoms with van der Waals surface area (Å²) >= 11 is 0. The first-order valence-electron chi connectivity index (χ1n) is 2.98. The van der Waals surface area contributed by atoms with Crippen molar-refractivity contribution in [2.24, 2.45) is 0 Å². The van der Waals surface area contributed by atoms with Gasteiger partial charge in [-0.3, -0.25) is 9.11 Å². The van der Waals surface area contributed by atoms with Gasteiger partial charge in [-0.15, -0.1) is 0 Å². The van der Waals surface area contributed by atoms with Gasteiger partial charge in [0.2, 0.25) is 0 Å². The summed E-state index contributed by atoms with van der Waals surface area (Å²) in [4.78, 5) is 19.5. The molecule has 2 atom stereocenters. The Balaban J connectivity index is -0.000000105. The fourth-order valence-corrected chi connectivity index (χ4v) is 0.270. The van der Waals surface area contributed by atoms with E-state index in [1.54, 1.807) is 0 Å². The van der Waals surface area contributed by atoms with Crippen molar-refractivity contribution in [3.8, 4) is 0 Å². The minimum atomic E-state index is -4.67. The molecule has 0 spiro atoms. The molecule has 0 aromatic carbocycles. The molecule has 0 aliphatic heterocycles. The zero-order valence-corrected chi connectivity index (χ0v) is 11.9. The fraction of sp³-hybridized carbons (Fsp3) is 0.500. The Morgan fingerprint density at radius 2 is 1.00 bits per heavy atom. The van der Waals surface area contributed by atoms with Gasteiger partial charge in [0.25, 0.3) is 0 Å². The van der Waals surface area contributed by atoms with Crippen molar-refractivity contribution in [2.45, 2.75) is 12.2 Å². The third-order valence-electron chi connectivity index (χ3n) is 0.805. The minimum absolute atomic E-state index is 0. The number of carboxylic acid groups (broad SMARTS) is 2. The number of aliphatic hydroxyl groups is 2. The first kappa shape index (κ1) is 25.8. The van der Waals surface area contributed by atoms with Crippen molar-refractivity contribution >= 4 is 22.3 Å². The molecule has 0 saturated heterocycles. The summed E-state index contributed by atoms with van der Waals surface area (Å²) in [7, 11) is -4.67. The predicted molar refractivity (Wildman–Crippen MR) is 45.1 cm³/mol. The standard InChI is InChI=1S/C4H6O6.Nd.H2O4S.H2O/c5-1(3(7)8)2(6)4(9)10;;1-5(2,3)4;/h1-2,5-6H,(H,7,8)(H,9,10);;(H2,1,2,3,4);1H2. The zero-order chi connectivity index (χ0) is 12.8. The van der Waals surface area contributed by atoms with E-state index in [-0.39, 0.29) is 46.3 Å². The van der Waals surface area contributed by atoms with E-state index in [1.807, 2.05) is 0 Å². The molecule has 0 fully saturated rings. The van der Waals surface area contributed by atoms with Gasteiger partial charge in [0.05, 0.1) is 0 Å². The summed E-state index contributed by atoms with van der Waals surface area (Å²) in [5.74, 6) is -3.54. The Morgan fingerprint density at radius 1 is 0.882 bits per heavy atom. The van der Waals surface area contributed by atoms with Crippen molar-refractivity contribution in [3.05, 3.63) is 0 Å². The number of hydrogen-bond acceptors (Lipinski definition) is 6. The Morgan fingerprint density at radius 3 is 1.06 bits per heavy atom. The van der Waals surface area contributed by atoms with Crippen molar-refractivity contribution in [1.82, 2.24) is 0 Å². The van der Waals surface area contributed by atoms with E-state index in [0.29, 0.717) is 0 Å². The first-order chi connectivity index (χ1) is 6.46. The normalized spacial score (nSPS) is 12.7. The fourth-order valence-electron chi connectivity index (χ4n) is 0.270. The number of hydrogen-bond donors (Lipinski definition) is 6. The second kappa shape index (κ2) is 11.1. The molecule has 102 valence electrons. The number of aliphatic hydroxyl groups excluding tert-OH is 2. The quantitative estimate of drug-likeness (QED) is 0.251. The van der Waals surface area contributed by atoms with Crippen LogP contribution in [0.3, 0.4) is 0 Å². The molecule has 8 N–H and O–H groups in total. The molecule has 0 radical (unpaired) electrons. The predicted octanol–water partition coefficient (Wildman–Crippen LogP) is -3.60. The Kier molecular flexibility index (Phi) is 16.9. The van der Waals surface area contributed by atoms with Gasteiger partial charge in [0.1, 0.15) is 0 Å². The maximum absolute atomic E-state index is 9.77. The van der Waals surface area contributed by atoms with Crippen molar-refractivity contribution < 1.29 is 93.9 Å². The van der Waals surface area contributed by atoms with Crippen LogP contribution < -0.4 is 0 Å². The maximum atomic E-state index is 9.77. The summed E-state index contributed by atoms with van der Waals surface area (Å²) in [6, 6.07) is 0. The van der Waals surface area contributed by atoms with Gasteiger partial charge in [0.15, 0.2) is 12.2 Å². The number of rotatable bonds is 3. The van der Waals surface area contributed by atoms with Crippen LogP contribution in [0.5, 0.6) is 0 Å². The first-order valence-corrected chi connectivity index (χ1v) is 4.38. The molecule has 2 unspecified atom stereocenters. The van der Waals surface area contributed by atoms with Gasteiger partial charge >= 0.3 is 22.3 Å². The third kappa shape index (κ3) is 21.8. The van der Waals surface area contributed by atoms with E-state index >= 15 is 0 Å². The van der Waals surface area contributed by atoms with E-state index in [0.717, 1.165) is 0 Å². The molecule has 0 rings (SSSR count). The van der Waals surface area contributed by atoms with Crippen molar-refractivity contribution in [2.75, 3.05) is 0 Å². The number of carbonyl (C=O) groups is 2. The average Bonchev–Trinajstić information content (AvgIpc) is 1.98. The topological polar surface area (TPSA) is 221 Å². The molecule has 0 amide bonds. The zero-order valence-electron chi connectivity index (χ0n) is 7.88. The van der Waals surface area contributed by atoms with Crippen molar-refractivity contribution in [3.63, 3.8) is 0 Å². The molecular formula is C4H10NdO11S. The molecule has 0 saturated carbocycles. The van der Waals surface area contributed by atoms with Gasteiger partial charge in [-0.05, 0) is 0 Å². The van der Waals surface area contributed by atoms with Crippen LogP contribution in [-0.2, 0) is 20.0 Å². The molecule has 17 heavy (non-hydrogen) atoms. The third-order valence-corrected chi connectivity index (χ3v) is 0.805. The molecule has 13 heteroatoms. The minimum Gasteiger partial charge on any atom is -0.479 e. The Bertz CT molecular complexity index is 296. The van der Waals surface area contributed by atoms with Crippen LogP contribution >= 0.6 is 0 Å². The van der Waals surface area contributed by atoms with Crippen LogP contribution in [0.2, 0.25) is 0 Å². The Labute approximate surface area is 127 Å². The molecule has 0 aromatic rings. The smallest absolute Gasteiger partial charge is 0.394 e. The van der Waals surface area contributed by atoms with Crippen LogP contribution in [0.15, 0.2) is 0 Å². The van der Waals surface area contributed by atoms with E-state index < -0.39 is 34.5 Å². The molecule has 0 heterocycles. The SMILES string of the molecule is O.O=C(O)C(O)C(O)C(=O)O.O=S(=O)(O)O.[Nd]. The van der Waals surface area contributed by atoms with E-state index in [4.69, 9.17) is 37.9 Å². The number of carboxylic acids is 2. The van der Waals surface area contributed by atoms with Gasteiger partial charge in [-0.1, -0.05) is 0 Å². The van der Waals surface area contributed by atoms with Crippen LogP contribution in [0.25, 0.3) is 0 Å². The average molecular weight is 410 g/mol. The van der Waals surface area contributed by atoms with Crippen LogP contribution in [0.1, 0.15) is 0 Å². The molecular weight excluding hydrogens is 400 g/mol. The van der Waals surface area contributed by atoms with Gasteiger partial charge in [-0.2, -0.15) is 8.42 Å². The summed E-state index contributed by atoms with van der Waals surface area (Å²) in [5, 5.41) is 32.5. The number of aliphatic carboxylic acids is 2. The van der Waals surface area contributed by atoms with Crippen LogP contribution in [-0.4, -0.2) is 67.6 Å². The van der Waals surface area contributed by atoms with Gasteiger partial charge in [0, 0.05) is 40.8 Å². The Hall–Kier alpha value is 0.0406. The summed E-state index contributed by atoms with van der Waals surface area (Å²) in [6.45, 7) is 0.